The molecule has 0 bridgehead atoms. The van der Waals surface area contributed by atoms with Crippen molar-refractivity contribution in [2.45, 2.75) is 26.3 Å². The molecule has 1 unspecified atom stereocenters. The van der Waals surface area contributed by atoms with Gasteiger partial charge in [0, 0.05) is 4.47 Å². The lowest BCUT2D eigenvalue weighted by atomic mass is 10.0. The summed E-state index contributed by atoms with van der Waals surface area (Å²) in [5.41, 5.74) is 2.34. The number of hydrogen-bond acceptors (Lipinski definition) is 4. The zero-order chi connectivity index (χ0) is 20.9. The molecular weight excluding hydrogens is 444 g/mol. The first-order valence-corrected chi connectivity index (χ1v) is 11.5. The van der Waals surface area contributed by atoms with E-state index in [0.717, 1.165) is 27.4 Å². The van der Waals surface area contributed by atoms with Crippen LogP contribution in [-0.4, -0.2) is 34.2 Å². The van der Waals surface area contributed by atoms with Crippen LogP contribution in [0.5, 0.6) is 5.75 Å². The predicted octanol–water partition coefficient (Wildman–Crippen LogP) is 3.80. The van der Waals surface area contributed by atoms with E-state index in [1.54, 1.807) is 31.4 Å². The summed E-state index contributed by atoms with van der Waals surface area (Å²) in [5.74, 6) is 0.406. The topological polar surface area (TPSA) is 75.7 Å². The van der Waals surface area contributed by atoms with E-state index in [2.05, 4.69) is 21.2 Å². The SMILES string of the molecule is CCC(NC(=O)CN(c1ccccc1Br)S(C)(=O)=O)c1ccc(OC)c(C)c1. The Kier molecular flexibility index (Phi) is 7.48. The van der Waals surface area contributed by atoms with Crippen LogP contribution in [-0.2, 0) is 14.8 Å². The lowest BCUT2D eigenvalue weighted by molar-refractivity contribution is -0.120. The zero-order valence-electron chi connectivity index (χ0n) is 16.4. The second kappa shape index (κ2) is 9.43. The minimum atomic E-state index is -3.63. The van der Waals surface area contributed by atoms with E-state index in [4.69, 9.17) is 4.74 Å². The van der Waals surface area contributed by atoms with Crippen LogP contribution in [0.4, 0.5) is 5.69 Å². The van der Waals surface area contributed by atoms with Crippen LogP contribution in [0, 0.1) is 6.92 Å². The number of sulfonamides is 1. The van der Waals surface area contributed by atoms with Crippen LogP contribution in [0.2, 0.25) is 0 Å². The van der Waals surface area contributed by atoms with E-state index in [1.807, 2.05) is 32.0 Å². The number of nitrogens with one attached hydrogen (secondary N) is 1. The number of methoxy groups -OCH3 is 1. The van der Waals surface area contributed by atoms with Crippen molar-refractivity contribution in [2.24, 2.45) is 0 Å². The first kappa shape index (κ1) is 22.2. The first-order chi connectivity index (χ1) is 13.2. The molecule has 0 heterocycles. The normalized spacial score (nSPS) is 12.3. The smallest absolute Gasteiger partial charge is 0.241 e. The van der Waals surface area contributed by atoms with Crippen molar-refractivity contribution in [3.63, 3.8) is 0 Å². The van der Waals surface area contributed by atoms with Gasteiger partial charge in [-0.25, -0.2) is 8.42 Å². The lowest BCUT2D eigenvalue weighted by Gasteiger charge is -2.25. The Morgan fingerprint density at radius 3 is 2.46 bits per heavy atom. The molecule has 152 valence electrons. The average molecular weight is 469 g/mol. The van der Waals surface area contributed by atoms with Crippen molar-refractivity contribution in [1.29, 1.82) is 0 Å². The van der Waals surface area contributed by atoms with Gasteiger partial charge in [0.1, 0.15) is 12.3 Å². The van der Waals surface area contributed by atoms with E-state index < -0.39 is 10.0 Å². The average Bonchev–Trinajstić information content (AvgIpc) is 2.64. The van der Waals surface area contributed by atoms with Crippen LogP contribution in [0.15, 0.2) is 46.9 Å². The minimum absolute atomic E-state index is 0.224. The number of benzene rings is 2. The van der Waals surface area contributed by atoms with Crippen molar-refractivity contribution in [2.75, 3.05) is 24.2 Å². The number of ether oxygens (including phenoxy) is 1. The molecule has 0 saturated heterocycles. The number of halogens is 1. The Hall–Kier alpha value is -2.06. The van der Waals surface area contributed by atoms with Gasteiger partial charge in [-0.15, -0.1) is 0 Å². The number of para-hydroxylation sites is 1. The number of aryl methyl sites for hydroxylation is 1. The zero-order valence-corrected chi connectivity index (χ0v) is 18.8. The molecule has 1 atom stereocenters. The van der Waals surface area contributed by atoms with Gasteiger partial charge in [0.25, 0.3) is 0 Å². The third kappa shape index (κ3) is 5.48. The number of rotatable bonds is 8. The molecule has 1 N–H and O–H groups in total. The summed E-state index contributed by atoms with van der Waals surface area (Å²) < 4.78 is 31.5. The van der Waals surface area contributed by atoms with E-state index in [0.29, 0.717) is 16.6 Å². The molecule has 0 spiro atoms. The van der Waals surface area contributed by atoms with E-state index in [-0.39, 0.29) is 18.5 Å². The molecule has 2 aromatic rings. The molecule has 0 saturated carbocycles. The summed E-state index contributed by atoms with van der Waals surface area (Å²) in [6.45, 7) is 3.61. The highest BCUT2D eigenvalue weighted by molar-refractivity contribution is 9.10. The maximum absolute atomic E-state index is 12.7. The second-order valence-corrected chi connectivity index (χ2v) is 9.24. The lowest BCUT2D eigenvalue weighted by Crippen LogP contribution is -2.41. The summed E-state index contributed by atoms with van der Waals surface area (Å²) >= 11 is 3.35. The fraction of sp³-hybridized carbons (Fsp3) is 0.350. The standard InChI is InChI=1S/C20H25BrN2O4S/c1-5-17(15-10-11-19(27-3)14(2)12-15)22-20(24)13-23(28(4,25)26)18-9-7-6-8-16(18)21/h6-12,17H,5,13H2,1-4H3,(H,22,24). The molecule has 2 aromatic carbocycles. The van der Waals surface area contributed by atoms with Gasteiger partial charge in [-0.1, -0.05) is 31.2 Å². The third-order valence-electron chi connectivity index (χ3n) is 4.37. The molecule has 6 nitrogen and oxygen atoms in total. The number of carbonyl (C=O) groups excluding carboxylic acids is 1. The van der Waals surface area contributed by atoms with E-state index in [1.165, 1.54) is 0 Å². The Labute approximate surface area is 175 Å². The Morgan fingerprint density at radius 1 is 1.25 bits per heavy atom. The highest BCUT2D eigenvalue weighted by Gasteiger charge is 2.24. The summed E-state index contributed by atoms with van der Waals surface area (Å²) in [5, 5.41) is 2.94. The molecule has 0 aliphatic heterocycles. The van der Waals surface area contributed by atoms with Crippen LogP contribution in [0.25, 0.3) is 0 Å². The molecule has 0 aromatic heterocycles. The first-order valence-electron chi connectivity index (χ1n) is 8.83. The highest BCUT2D eigenvalue weighted by Crippen LogP contribution is 2.28. The third-order valence-corrected chi connectivity index (χ3v) is 6.17. The molecule has 0 radical (unpaired) electrons. The van der Waals surface area contributed by atoms with Gasteiger partial charge in [0.15, 0.2) is 0 Å². The van der Waals surface area contributed by atoms with Gasteiger partial charge in [-0.2, -0.15) is 0 Å². The van der Waals surface area contributed by atoms with Gasteiger partial charge < -0.3 is 10.1 Å². The van der Waals surface area contributed by atoms with Gasteiger partial charge in [-0.3, -0.25) is 9.10 Å². The Bertz CT molecular complexity index is 947. The van der Waals surface area contributed by atoms with Gasteiger partial charge in [0.05, 0.1) is 25.1 Å². The molecule has 8 heteroatoms. The van der Waals surface area contributed by atoms with Gasteiger partial charge >= 0.3 is 0 Å². The van der Waals surface area contributed by atoms with Crippen molar-refractivity contribution in [3.8, 4) is 5.75 Å². The summed E-state index contributed by atoms with van der Waals surface area (Å²) in [6, 6.07) is 12.4. The highest BCUT2D eigenvalue weighted by atomic mass is 79.9. The maximum atomic E-state index is 12.7. The number of carbonyl (C=O) groups is 1. The summed E-state index contributed by atoms with van der Waals surface area (Å²) in [4.78, 5) is 12.7. The molecule has 2 rings (SSSR count). The minimum Gasteiger partial charge on any atom is -0.496 e. The number of nitrogens with zero attached hydrogens (tertiary/aromatic N) is 1. The van der Waals surface area contributed by atoms with Gasteiger partial charge in [-0.05, 0) is 58.6 Å². The monoisotopic (exact) mass is 468 g/mol. The summed E-state index contributed by atoms with van der Waals surface area (Å²) in [7, 11) is -2.02. The largest absolute Gasteiger partial charge is 0.496 e. The molecular formula is C20H25BrN2O4S. The summed E-state index contributed by atoms with van der Waals surface area (Å²) in [6.07, 6.45) is 1.76. The van der Waals surface area contributed by atoms with Crippen molar-refractivity contribution >= 4 is 37.5 Å². The van der Waals surface area contributed by atoms with E-state index in [9.17, 15) is 13.2 Å². The van der Waals surface area contributed by atoms with Gasteiger partial charge in [0.2, 0.25) is 15.9 Å². The maximum Gasteiger partial charge on any atom is 0.241 e. The van der Waals surface area contributed by atoms with Crippen LogP contribution in [0.1, 0.15) is 30.5 Å². The van der Waals surface area contributed by atoms with Crippen molar-refractivity contribution in [3.05, 3.63) is 58.1 Å². The predicted molar refractivity (Wildman–Crippen MR) is 115 cm³/mol. The number of anilines is 1. The molecule has 1 amide bonds. The second-order valence-electron chi connectivity index (χ2n) is 6.48. The Balaban J connectivity index is 2.21. The fourth-order valence-electron chi connectivity index (χ4n) is 2.94. The number of amides is 1. The van der Waals surface area contributed by atoms with Crippen molar-refractivity contribution in [1.82, 2.24) is 5.32 Å². The molecule has 0 aliphatic rings. The van der Waals surface area contributed by atoms with E-state index >= 15 is 0 Å². The number of hydrogen-bond donors (Lipinski definition) is 1. The molecule has 0 fully saturated rings. The molecule has 0 aliphatic carbocycles. The fourth-order valence-corrected chi connectivity index (χ4v) is 4.43. The quantitative estimate of drug-likeness (QED) is 0.638. The van der Waals surface area contributed by atoms with Crippen LogP contribution >= 0.6 is 15.9 Å². The Morgan fingerprint density at radius 2 is 1.93 bits per heavy atom. The van der Waals surface area contributed by atoms with Crippen LogP contribution < -0.4 is 14.4 Å². The van der Waals surface area contributed by atoms with Crippen LogP contribution in [0.3, 0.4) is 0 Å². The molecule has 28 heavy (non-hydrogen) atoms. The van der Waals surface area contributed by atoms with Crippen molar-refractivity contribution < 1.29 is 17.9 Å².